The number of rotatable bonds is 57. The minimum Gasteiger partial charge on any atom is -0.466 e. The van der Waals surface area contributed by atoms with Gasteiger partial charge in [0.1, 0.15) is 0 Å². The van der Waals surface area contributed by atoms with Gasteiger partial charge in [-0.25, -0.2) is 0 Å². The highest BCUT2D eigenvalue weighted by Crippen LogP contribution is 2.17. The Labute approximate surface area is 437 Å². The van der Waals surface area contributed by atoms with E-state index in [0.29, 0.717) is 38.7 Å². The van der Waals surface area contributed by atoms with Gasteiger partial charge in [0.05, 0.1) is 25.4 Å². The Kier molecular flexibility index (Phi) is 43.6. The Morgan fingerprint density at radius 1 is 0.485 bits per heavy atom. The lowest BCUT2D eigenvalue weighted by Crippen LogP contribution is -2.45. The number of aliphatic hydroxyl groups is 2. The molecule has 0 aromatic carbocycles. The van der Waals surface area contributed by atoms with Gasteiger partial charge in [-0.1, -0.05) is 288 Å². The molecular formula is C62H119NO5. The van der Waals surface area contributed by atoms with E-state index in [9.17, 15) is 19.8 Å². The third-order valence-electron chi connectivity index (χ3n) is 13.6. The Morgan fingerprint density at radius 3 is 1.28 bits per heavy atom. The smallest absolute Gasteiger partial charge is 0.305 e. The third kappa shape index (κ3) is 53.7. The zero-order valence-electron chi connectivity index (χ0n) is 53.7. The van der Waals surface area contributed by atoms with E-state index in [2.05, 4.69) is 18.3 Å². The van der Waals surface area contributed by atoms with Crippen molar-refractivity contribution in [1.82, 2.24) is 5.32 Å². The molecule has 0 saturated carbocycles. The molecule has 3 N–H and O–H groups in total. The van der Waals surface area contributed by atoms with Crippen molar-refractivity contribution in [2.45, 2.75) is 347 Å². The highest BCUT2D eigenvalue weighted by Gasteiger charge is 2.18. The molecule has 0 unspecified atom stereocenters. The number of esters is 1. The standard InChI is InChI=1S/C62H119NO5/c1-3-5-7-9-11-13-15-17-27-32-36-40-44-48-52-56-62(67)68-57-53-49-45-41-37-33-29-26-24-22-20-18-19-21-23-25-28-31-35-39-43-47-51-55-61(66)63-59(58-64)60(65)54-50-46-42-38-34-30-16-14-12-10-8-6-4-2/h17,27,50,54,59-60,64-65H,3-16,18-26,28-49,51-53,55-58H2,1-2H3,(H,63,66)/b27-17-,54-50+/t59-,60+/m0/s1/i1D3,3D2,5D2,7D2. The van der Waals surface area contributed by atoms with Crippen molar-refractivity contribution in [3.05, 3.63) is 24.3 Å². The van der Waals surface area contributed by atoms with Gasteiger partial charge in [0.2, 0.25) is 5.91 Å². The predicted octanol–water partition coefficient (Wildman–Crippen LogP) is 19.0. The van der Waals surface area contributed by atoms with Crippen LogP contribution in [0.4, 0.5) is 0 Å². The zero-order chi connectivity index (χ0) is 57.2. The fourth-order valence-corrected chi connectivity index (χ4v) is 9.05. The molecule has 0 saturated heterocycles. The number of carbonyl (C=O) groups excluding carboxylic acids is 2. The van der Waals surface area contributed by atoms with Crippen LogP contribution in [0.2, 0.25) is 0 Å². The van der Waals surface area contributed by atoms with E-state index in [1.54, 1.807) is 6.08 Å². The van der Waals surface area contributed by atoms with Crippen molar-refractivity contribution in [1.29, 1.82) is 0 Å². The van der Waals surface area contributed by atoms with Crippen LogP contribution in [-0.4, -0.2) is 47.4 Å². The average Bonchev–Trinajstić information content (AvgIpc) is 3.39. The number of amides is 1. The molecule has 1 amide bonds. The Balaban J connectivity index is 3.49. The molecule has 0 bridgehead atoms. The molecular weight excluding hydrogens is 839 g/mol. The SMILES string of the molecule is [2H]C([2H])([2H])C([2H])([2H])C([2H])([2H])C([2H])([2H])CCCC/C=C\CCCCCCCC(=O)OCCCCCCCCCCCCCCCCCCCCCCCCCC(=O)N[C@@H](CO)[C@H](O)/C=C/CCCCCCCCCCCCC. The third-order valence-corrected chi connectivity index (χ3v) is 13.6. The number of allylic oxidation sites excluding steroid dienone is 3. The van der Waals surface area contributed by atoms with E-state index in [-0.39, 0.29) is 24.9 Å². The molecule has 0 spiro atoms. The quantitative estimate of drug-likeness (QED) is 0.0321. The van der Waals surface area contributed by atoms with Gasteiger partial charge in [-0.3, -0.25) is 9.59 Å². The molecule has 0 heterocycles. The molecule has 0 aliphatic carbocycles. The van der Waals surface area contributed by atoms with Gasteiger partial charge in [0.15, 0.2) is 0 Å². The first kappa shape index (κ1) is 51.2. The van der Waals surface area contributed by atoms with Crippen molar-refractivity contribution < 1.29 is 36.9 Å². The van der Waals surface area contributed by atoms with E-state index in [1.807, 2.05) is 12.2 Å². The first-order chi connectivity index (χ1) is 36.9. The van der Waals surface area contributed by atoms with Crippen molar-refractivity contribution in [3.63, 3.8) is 0 Å². The molecule has 0 aromatic heterocycles. The summed E-state index contributed by atoms with van der Waals surface area (Å²) < 4.78 is 74.6. The second-order valence-corrected chi connectivity index (χ2v) is 20.2. The van der Waals surface area contributed by atoms with Crippen LogP contribution in [0.1, 0.15) is 347 Å². The van der Waals surface area contributed by atoms with Crippen LogP contribution in [0.3, 0.4) is 0 Å². The fraction of sp³-hybridized carbons (Fsp3) is 0.903. The monoisotopic (exact) mass is 967 g/mol. The molecule has 0 aromatic rings. The first-order valence-corrected chi connectivity index (χ1v) is 29.5. The molecule has 6 heteroatoms. The number of carbonyl (C=O) groups is 2. The number of hydrogen-bond acceptors (Lipinski definition) is 5. The maximum absolute atomic E-state index is 12.5. The molecule has 0 fully saturated rings. The summed E-state index contributed by atoms with van der Waals surface area (Å²) in [4.78, 5) is 24.6. The van der Waals surface area contributed by atoms with Crippen LogP contribution < -0.4 is 5.32 Å². The molecule has 2 atom stereocenters. The van der Waals surface area contributed by atoms with Crippen LogP contribution in [0.5, 0.6) is 0 Å². The zero-order valence-corrected chi connectivity index (χ0v) is 44.7. The number of nitrogens with one attached hydrogen (secondary N) is 1. The van der Waals surface area contributed by atoms with Crippen molar-refractivity contribution in [2.75, 3.05) is 13.2 Å². The lowest BCUT2D eigenvalue weighted by Gasteiger charge is -2.20. The molecule has 0 radical (unpaired) electrons. The number of hydrogen-bond donors (Lipinski definition) is 3. The summed E-state index contributed by atoms with van der Waals surface area (Å²) in [5.41, 5.74) is 0. The van der Waals surface area contributed by atoms with Gasteiger partial charge in [-0.05, 0) is 57.8 Å². The van der Waals surface area contributed by atoms with Crippen molar-refractivity contribution in [3.8, 4) is 0 Å². The largest absolute Gasteiger partial charge is 0.466 e. The van der Waals surface area contributed by atoms with E-state index < -0.39 is 38.1 Å². The van der Waals surface area contributed by atoms with E-state index >= 15 is 0 Å². The van der Waals surface area contributed by atoms with Crippen LogP contribution >= 0.6 is 0 Å². The summed E-state index contributed by atoms with van der Waals surface area (Å²) in [5.74, 6) is -0.167. The highest BCUT2D eigenvalue weighted by molar-refractivity contribution is 5.76. The van der Waals surface area contributed by atoms with Crippen molar-refractivity contribution >= 4 is 11.9 Å². The Hall–Kier alpha value is -1.66. The molecule has 6 nitrogen and oxygen atoms in total. The van der Waals surface area contributed by atoms with Gasteiger partial charge in [-0.2, -0.15) is 0 Å². The maximum atomic E-state index is 12.5. The maximum Gasteiger partial charge on any atom is 0.305 e. The van der Waals surface area contributed by atoms with Gasteiger partial charge in [-0.15, -0.1) is 0 Å². The summed E-state index contributed by atoms with van der Waals surface area (Å²) in [7, 11) is 0. The summed E-state index contributed by atoms with van der Waals surface area (Å²) in [5, 5.41) is 23.1. The van der Waals surface area contributed by atoms with E-state index in [4.69, 9.17) is 17.1 Å². The van der Waals surface area contributed by atoms with Crippen LogP contribution in [-0.2, 0) is 14.3 Å². The highest BCUT2D eigenvalue weighted by atomic mass is 16.5. The normalized spacial score (nSPS) is 15.5. The fourth-order valence-electron chi connectivity index (χ4n) is 9.05. The first-order valence-electron chi connectivity index (χ1n) is 34.0. The molecule has 0 aliphatic heterocycles. The summed E-state index contributed by atoms with van der Waals surface area (Å²) >= 11 is 0. The molecule has 0 rings (SSSR count). The topological polar surface area (TPSA) is 95.9 Å². The molecule has 402 valence electrons. The van der Waals surface area contributed by atoms with Crippen LogP contribution in [0, 0.1) is 0 Å². The van der Waals surface area contributed by atoms with E-state index in [1.165, 1.54) is 180 Å². The van der Waals surface area contributed by atoms with Gasteiger partial charge in [0, 0.05) is 25.2 Å². The Bertz CT molecular complexity index is 1410. The average molecular weight is 968 g/mol. The van der Waals surface area contributed by atoms with Crippen LogP contribution in [0.15, 0.2) is 24.3 Å². The summed E-state index contributed by atoms with van der Waals surface area (Å²) in [6.45, 7) is -0.727. The van der Waals surface area contributed by atoms with Gasteiger partial charge < -0.3 is 20.3 Å². The minimum atomic E-state index is -3.29. The summed E-state index contributed by atoms with van der Waals surface area (Å²) in [6, 6.07) is -0.641. The summed E-state index contributed by atoms with van der Waals surface area (Å²) in [6.07, 6.45) is 50.8. The van der Waals surface area contributed by atoms with Crippen molar-refractivity contribution in [2.24, 2.45) is 0 Å². The predicted molar refractivity (Wildman–Crippen MR) is 296 cm³/mol. The second kappa shape index (κ2) is 57.9. The van der Waals surface area contributed by atoms with Gasteiger partial charge in [0.25, 0.3) is 0 Å². The second-order valence-electron chi connectivity index (χ2n) is 20.2. The minimum absolute atomic E-state index is 0.0811. The molecule has 68 heavy (non-hydrogen) atoms. The lowest BCUT2D eigenvalue weighted by atomic mass is 10.0. The Morgan fingerprint density at radius 2 is 0.853 bits per heavy atom. The van der Waals surface area contributed by atoms with Crippen LogP contribution in [0.25, 0.3) is 0 Å². The number of ether oxygens (including phenoxy) is 1. The van der Waals surface area contributed by atoms with E-state index in [0.717, 1.165) is 83.5 Å². The van der Waals surface area contributed by atoms with Gasteiger partial charge >= 0.3 is 5.97 Å². The molecule has 0 aliphatic rings. The number of unbranched alkanes of at least 4 members (excludes halogenated alkanes) is 40. The lowest BCUT2D eigenvalue weighted by molar-refractivity contribution is -0.143. The number of aliphatic hydroxyl groups excluding tert-OH is 2.